The first-order chi connectivity index (χ1) is 11.2. The van der Waals surface area contributed by atoms with Crippen LogP contribution in [-0.4, -0.2) is 65.5 Å². The Kier molecular flexibility index (Phi) is 9.93. The van der Waals surface area contributed by atoms with Gasteiger partial charge in [0.05, 0.1) is 5.69 Å². The summed E-state index contributed by atoms with van der Waals surface area (Å²) in [6, 6.07) is -0.505. The molecule has 1 aliphatic rings. The number of aryl methyl sites for hydroxylation is 2. The zero-order chi connectivity index (χ0) is 17.9. The van der Waals surface area contributed by atoms with E-state index in [0.717, 1.165) is 11.4 Å². The Balaban J connectivity index is 0.00000312. The zero-order valence-corrected chi connectivity index (χ0v) is 16.6. The summed E-state index contributed by atoms with van der Waals surface area (Å²) in [6.45, 7) is 6.45. The molecule has 0 bridgehead atoms. The number of amides is 1. The van der Waals surface area contributed by atoms with E-state index in [1.54, 1.807) is 13.8 Å². The van der Waals surface area contributed by atoms with Crippen molar-refractivity contribution < 1.29 is 18.0 Å². The summed E-state index contributed by atoms with van der Waals surface area (Å²) in [7, 11) is 0. The number of rotatable bonds is 5. The van der Waals surface area contributed by atoms with E-state index in [1.165, 1.54) is 9.58 Å². The molecule has 0 aromatic carbocycles. The molecule has 1 aromatic rings. The number of nitrogens with zero attached hydrogens (tertiary/aromatic N) is 3. The standard InChI is InChI=1S/C15H24F3N5O.2ClH/c1-10-8-11(2)23(21-10)12(3)14(24)20-9-13(15(16,17)18)22-6-4-19-5-7-22;;/h8,12-13,19H,4-7,9H2,1-3H3,(H,20,24);2*1H. The molecule has 2 unspecified atom stereocenters. The lowest BCUT2D eigenvalue weighted by atomic mass is 10.2. The summed E-state index contributed by atoms with van der Waals surface area (Å²) in [5.41, 5.74) is 1.56. The fraction of sp³-hybridized carbons (Fsp3) is 0.733. The molecule has 0 radical (unpaired) electrons. The number of carbonyl (C=O) groups excluding carboxylic acids is 1. The van der Waals surface area contributed by atoms with Gasteiger partial charge in [0.1, 0.15) is 12.1 Å². The van der Waals surface area contributed by atoms with Gasteiger partial charge in [0.15, 0.2) is 0 Å². The molecule has 1 aliphatic heterocycles. The fourth-order valence-electron chi connectivity index (χ4n) is 2.94. The molecule has 2 heterocycles. The van der Waals surface area contributed by atoms with Crippen LogP contribution in [0.3, 0.4) is 0 Å². The molecule has 11 heteroatoms. The maximum atomic E-state index is 13.3. The first kappa shape index (κ1) is 25.0. The Morgan fingerprint density at radius 1 is 1.31 bits per heavy atom. The molecule has 2 atom stereocenters. The molecule has 2 rings (SSSR count). The topological polar surface area (TPSA) is 62.2 Å². The lowest BCUT2D eigenvalue weighted by Gasteiger charge is -2.36. The van der Waals surface area contributed by atoms with Gasteiger partial charge < -0.3 is 10.6 Å². The van der Waals surface area contributed by atoms with Crippen LogP contribution in [0.1, 0.15) is 24.4 Å². The number of piperazine rings is 1. The molecule has 0 spiro atoms. The van der Waals surface area contributed by atoms with Crippen LogP contribution < -0.4 is 10.6 Å². The third-order valence-electron chi connectivity index (χ3n) is 4.23. The minimum absolute atomic E-state index is 0. The van der Waals surface area contributed by atoms with Crippen molar-refractivity contribution in [2.75, 3.05) is 32.7 Å². The van der Waals surface area contributed by atoms with E-state index < -0.39 is 30.7 Å². The van der Waals surface area contributed by atoms with Crippen LogP contribution in [0, 0.1) is 13.8 Å². The van der Waals surface area contributed by atoms with Gasteiger partial charge in [0.2, 0.25) is 5.91 Å². The second-order valence-electron chi connectivity index (χ2n) is 6.14. The van der Waals surface area contributed by atoms with Crippen molar-refractivity contribution in [3.8, 4) is 0 Å². The molecule has 1 saturated heterocycles. The Morgan fingerprint density at radius 2 is 1.88 bits per heavy atom. The van der Waals surface area contributed by atoms with Crippen molar-refractivity contribution in [2.45, 2.75) is 39.0 Å². The van der Waals surface area contributed by atoms with Crippen LogP contribution in [0.15, 0.2) is 6.07 Å². The third-order valence-corrected chi connectivity index (χ3v) is 4.23. The van der Waals surface area contributed by atoms with Gasteiger partial charge in [-0.05, 0) is 26.8 Å². The Bertz CT molecular complexity index is 576. The Hall–Kier alpha value is -1.03. The monoisotopic (exact) mass is 419 g/mol. The summed E-state index contributed by atoms with van der Waals surface area (Å²) in [5, 5.41) is 9.68. The molecule has 1 amide bonds. The first-order valence-corrected chi connectivity index (χ1v) is 8.02. The minimum atomic E-state index is -4.38. The average Bonchev–Trinajstić information content (AvgIpc) is 2.84. The highest BCUT2D eigenvalue weighted by molar-refractivity contribution is 5.85. The van der Waals surface area contributed by atoms with E-state index in [0.29, 0.717) is 26.2 Å². The summed E-state index contributed by atoms with van der Waals surface area (Å²) in [6.07, 6.45) is -4.38. The second-order valence-corrected chi connectivity index (χ2v) is 6.14. The maximum absolute atomic E-state index is 13.3. The van der Waals surface area contributed by atoms with Crippen LogP contribution in [-0.2, 0) is 4.79 Å². The molecular formula is C15H26Cl2F3N5O. The van der Waals surface area contributed by atoms with E-state index in [2.05, 4.69) is 15.7 Å². The predicted molar refractivity (Wildman–Crippen MR) is 98.2 cm³/mol. The van der Waals surface area contributed by atoms with Crippen molar-refractivity contribution in [1.82, 2.24) is 25.3 Å². The second kappa shape index (κ2) is 10.3. The van der Waals surface area contributed by atoms with E-state index >= 15 is 0 Å². The Labute approximate surface area is 163 Å². The lowest BCUT2D eigenvalue weighted by Crippen LogP contribution is -2.57. The van der Waals surface area contributed by atoms with Gasteiger partial charge in [-0.3, -0.25) is 14.4 Å². The zero-order valence-electron chi connectivity index (χ0n) is 15.0. The molecule has 0 saturated carbocycles. The van der Waals surface area contributed by atoms with Gasteiger partial charge in [0.25, 0.3) is 0 Å². The van der Waals surface area contributed by atoms with E-state index in [1.807, 2.05) is 13.0 Å². The van der Waals surface area contributed by atoms with Crippen LogP contribution in [0.4, 0.5) is 13.2 Å². The maximum Gasteiger partial charge on any atom is 0.405 e. The summed E-state index contributed by atoms with van der Waals surface area (Å²) < 4.78 is 41.5. The lowest BCUT2D eigenvalue weighted by molar-refractivity contribution is -0.184. The van der Waals surface area contributed by atoms with Crippen molar-refractivity contribution in [3.05, 3.63) is 17.5 Å². The average molecular weight is 420 g/mol. The normalized spacial score (nSPS) is 17.6. The van der Waals surface area contributed by atoms with Gasteiger partial charge in [0, 0.05) is 38.4 Å². The highest BCUT2D eigenvalue weighted by Crippen LogP contribution is 2.25. The van der Waals surface area contributed by atoms with Crippen molar-refractivity contribution >= 4 is 30.7 Å². The van der Waals surface area contributed by atoms with Crippen LogP contribution in [0.25, 0.3) is 0 Å². The third kappa shape index (κ3) is 6.29. The summed E-state index contributed by atoms with van der Waals surface area (Å²) in [4.78, 5) is 13.6. The SMILES string of the molecule is Cc1cc(C)n(C(C)C(=O)NCC(N2CCNCC2)C(F)(F)F)n1.Cl.Cl. The van der Waals surface area contributed by atoms with E-state index in [-0.39, 0.29) is 24.8 Å². The molecule has 1 fully saturated rings. The molecular weight excluding hydrogens is 394 g/mol. The number of hydrogen-bond donors (Lipinski definition) is 2. The number of hydrogen-bond acceptors (Lipinski definition) is 4. The minimum Gasteiger partial charge on any atom is -0.352 e. The van der Waals surface area contributed by atoms with Gasteiger partial charge >= 0.3 is 6.18 Å². The fourth-order valence-corrected chi connectivity index (χ4v) is 2.94. The van der Waals surface area contributed by atoms with Gasteiger partial charge in [-0.25, -0.2) is 0 Å². The van der Waals surface area contributed by atoms with Gasteiger partial charge in [-0.15, -0.1) is 24.8 Å². The van der Waals surface area contributed by atoms with Crippen molar-refractivity contribution in [3.63, 3.8) is 0 Å². The predicted octanol–water partition coefficient (Wildman–Crippen LogP) is 1.86. The number of halogens is 5. The van der Waals surface area contributed by atoms with Gasteiger partial charge in [-0.2, -0.15) is 18.3 Å². The molecule has 152 valence electrons. The number of alkyl halides is 3. The molecule has 1 aromatic heterocycles. The van der Waals surface area contributed by atoms with E-state index in [4.69, 9.17) is 0 Å². The van der Waals surface area contributed by atoms with Crippen LogP contribution in [0.5, 0.6) is 0 Å². The number of carbonyl (C=O) groups is 1. The van der Waals surface area contributed by atoms with Crippen molar-refractivity contribution in [1.29, 1.82) is 0 Å². The van der Waals surface area contributed by atoms with Crippen molar-refractivity contribution in [2.24, 2.45) is 0 Å². The number of aromatic nitrogens is 2. The highest BCUT2D eigenvalue weighted by Gasteiger charge is 2.44. The van der Waals surface area contributed by atoms with E-state index in [9.17, 15) is 18.0 Å². The highest BCUT2D eigenvalue weighted by atomic mass is 35.5. The molecule has 2 N–H and O–H groups in total. The largest absolute Gasteiger partial charge is 0.405 e. The van der Waals surface area contributed by atoms with Crippen LogP contribution >= 0.6 is 24.8 Å². The quantitative estimate of drug-likeness (QED) is 0.764. The van der Waals surface area contributed by atoms with Gasteiger partial charge in [-0.1, -0.05) is 0 Å². The van der Waals surface area contributed by atoms with Crippen LogP contribution in [0.2, 0.25) is 0 Å². The molecule has 6 nitrogen and oxygen atoms in total. The smallest absolute Gasteiger partial charge is 0.352 e. The summed E-state index contributed by atoms with van der Waals surface area (Å²) >= 11 is 0. The molecule has 26 heavy (non-hydrogen) atoms. The summed E-state index contributed by atoms with van der Waals surface area (Å²) in [5.74, 6) is -0.467. The first-order valence-electron chi connectivity index (χ1n) is 8.02. The molecule has 0 aliphatic carbocycles. The Morgan fingerprint density at radius 3 is 2.35 bits per heavy atom. The number of nitrogens with one attached hydrogen (secondary N) is 2.